The Kier molecular flexibility index (Phi) is 3.53. The highest BCUT2D eigenvalue weighted by Gasteiger charge is 2.25. The molecule has 0 saturated heterocycles. The van der Waals surface area contributed by atoms with Crippen LogP contribution in [0, 0.1) is 0 Å². The van der Waals surface area contributed by atoms with E-state index in [0.717, 1.165) is 17.1 Å². The van der Waals surface area contributed by atoms with Gasteiger partial charge in [0.05, 0.1) is 0 Å². The lowest BCUT2D eigenvalue weighted by molar-refractivity contribution is 0.872. The lowest BCUT2D eigenvalue weighted by atomic mass is 9.91. The minimum atomic E-state index is -0.0197. The second-order valence-electron chi connectivity index (χ2n) is 6.53. The Labute approximate surface area is 152 Å². The molecule has 0 aromatic heterocycles. The number of hydrogen-bond acceptors (Lipinski definition) is 2. The topological polar surface area (TPSA) is 24.4 Å². The molecule has 2 heteroatoms. The molecule has 0 fully saturated rings. The average molecular weight is 334 g/mol. The molecule has 124 valence electrons. The first-order valence-corrected chi connectivity index (χ1v) is 8.87. The standard InChI is InChI=1S/C24H18N2/c1-3-10-18(11-4-1)23-22-20-14-8-7-9-17(20)15-16-21(22)25-24(26-23)19-12-5-2-6-13-19/h1-16,23H,(H,25,26). The van der Waals surface area contributed by atoms with E-state index in [4.69, 9.17) is 4.99 Å². The zero-order chi connectivity index (χ0) is 17.3. The molecule has 0 amide bonds. The van der Waals surface area contributed by atoms with Crippen LogP contribution < -0.4 is 5.32 Å². The van der Waals surface area contributed by atoms with Crippen molar-refractivity contribution in [2.75, 3.05) is 5.32 Å². The van der Waals surface area contributed by atoms with E-state index in [1.165, 1.54) is 21.9 Å². The Hall–Kier alpha value is -3.39. The van der Waals surface area contributed by atoms with Crippen molar-refractivity contribution in [2.45, 2.75) is 6.04 Å². The van der Waals surface area contributed by atoms with Crippen molar-refractivity contribution in [1.82, 2.24) is 0 Å². The maximum Gasteiger partial charge on any atom is 0.133 e. The van der Waals surface area contributed by atoms with Gasteiger partial charge in [-0.2, -0.15) is 0 Å². The molecule has 4 aromatic rings. The maximum atomic E-state index is 5.12. The summed E-state index contributed by atoms with van der Waals surface area (Å²) in [6.45, 7) is 0. The van der Waals surface area contributed by atoms with E-state index in [9.17, 15) is 0 Å². The maximum absolute atomic E-state index is 5.12. The minimum Gasteiger partial charge on any atom is -0.340 e. The Morgan fingerprint density at radius 2 is 1.35 bits per heavy atom. The monoisotopic (exact) mass is 334 g/mol. The van der Waals surface area contributed by atoms with E-state index in [1.54, 1.807) is 0 Å². The number of hydrogen-bond donors (Lipinski definition) is 1. The molecule has 5 rings (SSSR count). The summed E-state index contributed by atoms with van der Waals surface area (Å²) in [5, 5.41) is 6.05. The number of anilines is 1. The van der Waals surface area contributed by atoms with E-state index in [2.05, 4.69) is 84.2 Å². The summed E-state index contributed by atoms with van der Waals surface area (Å²) in [6, 6.07) is 33.7. The first-order chi connectivity index (χ1) is 12.9. The van der Waals surface area contributed by atoms with Crippen LogP contribution in [0.5, 0.6) is 0 Å². The Morgan fingerprint density at radius 1 is 0.654 bits per heavy atom. The van der Waals surface area contributed by atoms with Gasteiger partial charge in [-0.15, -0.1) is 0 Å². The van der Waals surface area contributed by atoms with E-state index in [0.29, 0.717) is 0 Å². The van der Waals surface area contributed by atoms with Crippen molar-refractivity contribution in [1.29, 1.82) is 0 Å². The van der Waals surface area contributed by atoms with E-state index in [-0.39, 0.29) is 6.04 Å². The molecular formula is C24H18N2. The highest BCUT2D eigenvalue weighted by Crippen LogP contribution is 2.40. The van der Waals surface area contributed by atoms with Crippen LogP contribution >= 0.6 is 0 Å². The molecule has 0 saturated carbocycles. The smallest absolute Gasteiger partial charge is 0.133 e. The van der Waals surface area contributed by atoms with Crippen molar-refractivity contribution in [2.24, 2.45) is 4.99 Å². The fourth-order valence-corrected chi connectivity index (χ4v) is 3.67. The molecule has 0 bridgehead atoms. The summed E-state index contributed by atoms with van der Waals surface area (Å²) in [5.41, 5.74) is 4.69. The Bertz CT molecular complexity index is 1100. The largest absolute Gasteiger partial charge is 0.340 e. The van der Waals surface area contributed by atoms with Gasteiger partial charge in [-0.1, -0.05) is 91.0 Å². The van der Waals surface area contributed by atoms with Crippen molar-refractivity contribution in [3.8, 4) is 0 Å². The molecule has 0 spiro atoms. The van der Waals surface area contributed by atoms with Gasteiger partial charge in [-0.25, -0.2) is 0 Å². The lowest BCUT2D eigenvalue weighted by Gasteiger charge is -2.27. The quantitative estimate of drug-likeness (QED) is 0.492. The molecule has 0 aliphatic carbocycles. The molecule has 1 heterocycles. The van der Waals surface area contributed by atoms with Crippen LogP contribution in [0.4, 0.5) is 5.69 Å². The first kappa shape index (κ1) is 14.9. The SMILES string of the molecule is c1ccc(C2=NC(c3ccccc3)c3c(ccc4ccccc34)N2)cc1. The molecule has 1 aliphatic rings. The van der Waals surface area contributed by atoms with Crippen LogP contribution in [-0.4, -0.2) is 5.84 Å². The number of nitrogens with zero attached hydrogens (tertiary/aromatic N) is 1. The van der Waals surface area contributed by atoms with Crippen LogP contribution in [0.1, 0.15) is 22.7 Å². The van der Waals surface area contributed by atoms with Gasteiger partial charge < -0.3 is 5.32 Å². The first-order valence-electron chi connectivity index (χ1n) is 8.87. The third kappa shape index (κ3) is 2.47. The van der Waals surface area contributed by atoms with Crippen molar-refractivity contribution >= 4 is 22.3 Å². The summed E-state index contributed by atoms with van der Waals surface area (Å²) in [7, 11) is 0. The summed E-state index contributed by atoms with van der Waals surface area (Å²) in [6.07, 6.45) is 0. The third-order valence-corrected chi connectivity index (χ3v) is 4.92. The molecule has 1 aliphatic heterocycles. The zero-order valence-electron chi connectivity index (χ0n) is 14.3. The summed E-state index contributed by atoms with van der Waals surface area (Å²) in [5.74, 6) is 0.919. The van der Waals surface area contributed by atoms with Crippen molar-refractivity contribution in [3.63, 3.8) is 0 Å². The van der Waals surface area contributed by atoms with Crippen LogP contribution in [0.25, 0.3) is 10.8 Å². The number of rotatable bonds is 2. The van der Waals surface area contributed by atoms with Gasteiger partial charge in [-0.05, 0) is 22.4 Å². The number of amidine groups is 1. The fraction of sp³-hybridized carbons (Fsp3) is 0.0417. The molecule has 26 heavy (non-hydrogen) atoms. The molecule has 1 N–H and O–H groups in total. The summed E-state index contributed by atoms with van der Waals surface area (Å²) in [4.78, 5) is 5.12. The van der Waals surface area contributed by atoms with Crippen LogP contribution in [-0.2, 0) is 0 Å². The second-order valence-corrected chi connectivity index (χ2v) is 6.53. The van der Waals surface area contributed by atoms with Crippen LogP contribution in [0.2, 0.25) is 0 Å². The normalized spacial score (nSPS) is 15.8. The van der Waals surface area contributed by atoms with Gasteiger partial charge >= 0.3 is 0 Å². The third-order valence-electron chi connectivity index (χ3n) is 4.92. The van der Waals surface area contributed by atoms with Gasteiger partial charge in [0.25, 0.3) is 0 Å². The highest BCUT2D eigenvalue weighted by atomic mass is 15.0. The predicted molar refractivity (Wildman–Crippen MR) is 109 cm³/mol. The van der Waals surface area contributed by atoms with Crippen molar-refractivity contribution in [3.05, 3.63) is 114 Å². The highest BCUT2D eigenvalue weighted by molar-refractivity contribution is 6.11. The van der Waals surface area contributed by atoms with E-state index >= 15 is 0 Å². The van der Waals surface area contributed by atoms with Crippen molar-refractivity contribution < 1.29 is 0 Å². The van der Waals surface area contributed by atoms with Gasteiger partial charge in [-0.3, -0.25) is 4.99 Å². The predicted octanol–water partition coefficient (Wildman–Crippen LogP) is 5.80. The number of nitrogens with one attached hydrogen (secondary N) is 1. The zero-order valence-corrected chi connectivity index (χ0v) is 14.3. The van der Waals surface area contributed by atoms with Crippen LogP contribution in [0.3, 0.4) is 0 Å². The summed E-state index contributed by atoms with van der Waals surface area (Å²) < 4.78 is 0. The number of benzene rings is 4. The molecule has 1 atom stereocenters. The summed E-state index contributed by atoms with van der Waals surface area (Å²) >= 11 is 0. The molecule has 1 unspecified atom stereocenters. The molecule has 4 aromatic carbocycles. The number of fused-ring (bicyclic) bond motifs is 3. The van der Waals surface area contributed by atoms with E-state index < -0.39 is 0 Å². The van der Waals surface area contributed by atoms with Gasteiger partial charge in [0.15, 0.2) is 0 Å². The lowest BCUT2D eigenvalue weighted by Crippen LogP contribution is -2.22. The Morgan fingerprint density at radius 3 is 2.15 bits per heavy atom. The number of aliphatic imine (C=N–C) groups is 1. The van der Waals surface area contributed by atoms with Gasteiger partial charge in [0.2, 0.25) is 0 Å². The second kappa shape index (κ2) is 6.16. The van der Waals surface area contributed by atoms with Crippen LogP contribution in [0.15, 0.2) is 102 Å². The molecule has 0 radical (unpaired) electrons. The van der Waals surface area contributed by atoms with Gasteiger partial charge in [0.1, 0.15) is 11.9 Å². The molecular weight excluding hydrogens is 316 g/mol. The average Bonchev–Trinajstić information content (AvgIpc) is 2.74. The molecule has 2 nitrogen and oxygen atoms in total. The Balaban J connectivity index is 1.76. The van der Waals surface area contributed by atoms with E-state index in [1.807, 2.05) is 18.2 Å². The van der Waals surface area contributed by atoms with Gasteiger partial charge in [0, 0.05) is 16.8 Å². The minimum absolute atomic E-state index is 0.0197. The fourth-order valence-electron chi connectivity index (χ4n) is 3.67.